The zero-order valence-electron chi connectivity index (χ0n) is 22.7. The highest BCUT2D eigenvalue weighted by Crippen LogP contribution is 2.36. The Labute approximate surface area is 229 Å². The van der Waals surface area contributed by atoms with Crippen LogP contribution < -0.4 is 10.2 Å². The van der Waals surface area contributed by atoms with Crippen molar-refractivity contribution in [3.63, 3.8) is 0 Å². The van der Waals surface area contributed by atoms with Gasteiger partial charge in [0.25, 0.3) is 5.91 Å². The molecule has 0 saturated carbocycles. The zero-order valence-corrected chi connectivity index (χ0v) is 23.5. The summed E-state index contributed by atoms with van der Waals surface area (Å²) < 4.78 is 90.8. The highest BCUT2D eigenvalue weighted by atomic mass is 32.2. The number of hydrogen-bond acceptors (Lipinski definition) is 6. The lowest BCUT2D eigenvalue weighted by Gasteiger charge is -2.25. The molecule has 1 aliphatic heterocycles. The number of ether oxygens (including phenoxy) is 1. The number of anilines is 2. The van der Waals surface area contributed by atoms with Crippen molar-refractivity contribution < 1.29 is 40.5 Å². The molecule has 0 spiro atoms. The second-order valence-electron chi connectivity index (χ2n) is 10.5. The largest absolute Gasteiger partial charge is 0.442 e. The van der Waals surface area contributed by atoms with E-state index in [1.54, 1.807) is 20.8 Å². The van der Waals surface area contributed by atoms with Crippen LogP contribution in [0, 0.1) is 6.92 Å². The average Bonchev–Trinajstić information content (AvgIpc) is 2.96. The number of nitrogens with one attached hydrogen (secondary N) is 1. The second kappa shape index (κ2) is 11.3. The van der Waals surface area contributed by atoms with Crippen molar-refractivity contribution in [1.29, 1.82) is 0 Å². The molecule has 1 aliphatic rings. The molecule has 2 aromatic rings. The number of halogens is 5. The highest BCUT2D eigenvalue weighted by Gasteiger charge is 2.37. The molecule has 0 radical (unpaired) electrons. The Morgan fingerprint density at radius 1 is 1.12 bits per heavy atom. The molecule has 1 fully saturated rings. The van der Waals surface area contributed by atoms with Crippen LogP contribution in [-0.4, -0.2) is 52.1 Å². The van der Waals surface area contributed by atoms with Crippen LogP contribution in [0.15, 0.2) is 39.6 Å². The monoisotopic (exact) mass is 590 g/mol. The minimum atomic E-state index is -4.81. The number of aryl methyl sites for hydroxylation is 1. The quantitative estimate of drug-likeness (QED) is 0.399. The Balaban J connectivity index is 1.99. The molecule has 2 heterocycles. The molecule has 2 amide bonds. The number of carbonyl (C=O) groups excluding carboxylic acids is 2. The van der Waals surface area contributed by atoms with Gasteiger partial charge in [0.1, 0.15) is 11.4 Å². The van der Waals surface area contributed by atoms with E-state index in [-0.39, 0.29) is 42.3 Å². The molecule has 1 aromatic heterocycles. The predicted octanol–water partition coefficient (Wildman–Crippen LogP) is 6.68. The summed E-state index contributed by atoms with van der Waals surface area (Å²) in [7, 11) is -3.32. The van der Waals surface area contributed by atoms with Gasteiger partial charge in [-0.2, -0.15) is 13.2 Å². The molecule has 1 aromatic carbocycles. The van der Waals surface area contributed by atoms with Gasteiger partial charge in [0.2, 0.25) is 5.92 Å². The Morgan fingerprint density at radius 2 is 1.80 bits per heavy atom. The first-order valence-corrected chi connectivity index (χ1v) is 14.3. The maximum absolute atomic E-state index is 14.0. The second-order valence-corrected chi connectivity index (χ2v) is 12.8. The molecular weight excluding hydrogens is 559 g/mol. The third kappa shape index (κ3) is 8.12. The standard InChI is InChI=1S/C26H31F5N4O4S/c1-16-20(26(29,30)31)15-19(21(32-16)35-12-7-10-25(27,28)11-13-35)22(36)33-17-8-6-9-18(14-17)40(5,38)34-23(37)39-24(2,3)4/h6,8-9,14-15H,7,10-13H2,1-5H3,(H,33,36)/t40-/m1/s1. The normalized spacial score (nSPS) is 17.4. The molecule has 1 N–H and O–H groups in total. The van der Waals surface area contributed by atoms with Gasteiger partial charge in [0.15, 0.2) is 0 Å². The van der Waals surface area contributed by atoms with Crippen LogP contribution >= 0.6 is 0 Å². The lowest BCUT2D eigenvalue weighted by atomic mass is 10.1. The SMILES string of the molecule is Cc1nc(N2CCCC(F)(F)CC2)c(C(=O)Nc2cccc([S@@](C)(=O)=NC(=O)OC(C)(C)C)c2)cc1C(F)(F)F. The molecule has 0 aliphatic carbocycles. The van der Waals surface area contributed by atoms with E-state index in [1.165, 1.54) is 35.4 Å². The van der Waals surface area contributed by atoms with E-state index in [9.17, 15) is 35.8 Å². The topological polar surface area (TPSA) is 101 Å². The fourth-order valence-electron chi connectivity index (χ4n) is 4.05. The molecule has 1 saturated heterocycles. The summed E-state index contributed by atoms with van der Waals surface area (Å²) in [4.78, 5) is 30.9. The number of aromatic nitrogens is 1. The smallest absolute Gasteiger partial charge is 0.442 e. The lowest BCUT2D eigenvalue weighted by Crippen LogP contribution is -2.30. The van der Waals surface area contributed by atoms with Gasteiger partial charge in [-0.05, 0) is 58.4 Å². The Kier molecular flexibility index (Phi) is 8.82. The van der Waals surface area contributed by atoms with Gasteiger partial charge < -0.3 is 15.0 Å². The van der Waals surface area contributed by atoms with Gasteiger partial charge in [0.05, 0.1) is 26.5 Å². The molecule has 0 unspecified atom stereocenters. The van der Waals surface area contributed by atoms with E-state index in [0.29, 0.717) is 6.07 Å². The summed E-state index contributed by atoms with van der Waals surface area (Å²) >= 11 is 0. The zero-order chi connectivity index (χ0) is 30.1. The number of nitrogens with zero attached hydrogens (tertiary/aromatic N) is 3. The van der Waals surface area contributed by atoms with E-state index in [0.717, 1.165) is 6.92 Å². The molecular formula is C26H31F5N4O4S. The van der Waals surface area contributed by atoms with Crippen molar-refractivity contribution in [3.05, 3.63) is 47.2 Å². The van der Waals surface area contributed by atoms with Crippen LogP contribution in [-0.2, 0) is 20.6 Å². The third-order valence-electron chi connectivity index (χ3n) is 5.93. The maximum Gasteiger partial charge on any atom is 0.442 e. The number of hydrogen-bond donors (Lipinski definition) is 1. The van der Waals surface area contributed by atoms with Gasteiger partial charge in [-0.1, -0.05) is 6.07 Å². The highest BCUT2D eigenvalue weighted by molar-refractivity contribution is 7.93. The summed E-state index contributed by atoms with van der Waals surface area (Å²) in [5, 5.41) is 2.47. The Hall–Kier alpha value is -3.29. The van der Waals surface area contributed by atoms with Crippen molar-refractivity contribution in [2.45, 2.75) is 69.6 Å². The molecule has 14 heteroatoms. The fourth-order valence-corrected chi connectivity index (χ4v) is 5.15. The van der Waals surface area contributed by atoms with Crippen molar-refractivity contribution in [3.8, 4) is 0 Å². The molecule has 220 valence electrons. The van der Waals surface area contributed by atoms with Gasteiger partial charge in [-0.25, -0.2) is 22.8 Å². The average molecular weight is 591 g/mol. The first-order valence-electron chi connectivity index (χ1n) is 12.4. The van der Waals surface area contributed by atoms with E-state index in [4.69, 9.17) is 4.74 Å². The Bertz CT molecular complexity index is 1410. The molecule has 3 rings (SSSR count). The number of pyridine rings is 1. The van der Waals surface area contributed by atoms with Crippen LogP contribution in [0.25, 0.3) is 0 Å². The van der Waals surface area contributed by atoms with Gasteiger partial charge in [-0.3, -0.25) is 4.79 Å². The van der Waals surface area contributed by atoms with Crippen molar-refractivity contribution in [2.24, 2.45) is 4.36 Å². The van der Waals surface area contributed by atoms with Crippen LogP contribution in [0.1, 0.15) is 61.6 Å². The minimum Gasteiger partial charge on any atom is -0.442 e. The lowest BCUT2D eigenvalue weighted by molar-refractivity contribution is -0.138. The van der Waals surface area contributed by atoms with Gasteiger partial charge in [-0.15, -0.1) is 4.36 Å². The van der Waals surface area contributed by atoms with E-state index >= 15 is 0 Å². The first-order chi connectivity index (χ1) is 18.3. The number of carbonyl (C=O) groups is 2. The van der Waals surface area contributed by atoms with Crippen LogP contribution in [0.3, 0.4) is 0 Å². The van der Waals surface area contributed by atoms with Crippen LogP contribution in [0.5, 0.6) is 0 Å². The summed E-state index contributed by atoms with van der Waals surface area (Å²) in [6.07, 6.45) is -5.53. The molecule has 8 nitrogen and oxygen atoms in total. The van der Waals surface area contributed by atoms with Crippen molar-refractivity contribution in [2.75, 3.05) is 29.6 Å². The summed E-state index contributed by atoms with van der Waals surface area (Å²) in [6, 6.07) is 6.16. The van der Waals surface area contributed by atoms with Crippen molar-refractivity contribution in [1.82, 2.24) is 4.98 Å². The number of amides is 2. The fraction of sp³-hybridized carbons (Fsp3) is 0.500. The minimum absolute atomic E-state index is 0.0546. The predicted molar refractivity (Wildman–Crippen MR) is 140 cm³/mol. The van der Waals surface area contributed by atoms with Gasteiger partial charge >= 0.3 is 12.3 Å². The van der Waals surface area contributed by atoms with Crippen LogP contribution in [0.4, 0.5) is 38.3 Å². The molecule has 0 bridgehead atoms. The first kappa shape index (κ1) is 31.2. The maximum atomic E-state index is 14.0. The third-order valence-corrected chi connectivity index (χ3v) is 7.56. The number of alkyl halides is 5. The number of rotatable bonds is 4. The van der Waals surface area contributed by atoms with Crippen LogP contribution in [0.2, 0.25) is 0 Å². The summed E-state index contributed by atoms with van der Waals surface area (Å²) in [5.41, 5.74) is -2.80. The summed E-state index contributed by atoms with van der Waals surface area (Å²) in [6.45, 7) is 5.85. The van der Waals surface area contributed by atoms with Crippen molar-refractivity contribution >= 4 is 33.2 Å². The van der Waals surface area contributed by atoms with E-state index in [1.807, 2.05) is 0 Å². The van der Waals surface area contributed by atoms with Gasteiger partial charge in [0, 0.05) is 42.8 Å². The molecule has 40 heavy (non-hydrogen) atoms. The van der Waals surface area contributed by atoms with E-state index < -0.39 is 62.7 Å². The van der Waals surface area contributed by atoms with E-state index in [2.05, 4.69) is 14.7 Å². The molecule has 1 atom stereocenters. The Morgan fingerprint density at radius 3 is 2.42 bits per heavy atom. The summed E-state index contributed by atoms with van der Waals surface area (Å²) in [5.74, 6) is -4.06. The number of benzene rings is 1.